The summed E-state index contributed by atoms with van der Waals surface area (Å²) in [7, 11) is 0. The second-order valence-electron chi connectivity index (χ2n) is 6.38. The van der Waals surface area contributed by atoms with Crippen LogP contribution in [0.2, 0.25) is 0 Å². The van der Waals surface area contributed by atoms with Gasteiger partial charge < -0.3 is 16.4 Å². The van der Waals surface area contributed by atoms with Crippen molar-refractivity contribution in [3.63, 3.8) is 0 Å². The molecule has 1 aliphatic heterocycles. The van der Waals surface area contributed by atoms with Crippen LogP contribution in [0.3, 0.4) is 0 Å². The maximum atomic E-state index is 13.6. The summed E-state index contributed by atoms with van der Waals surface area (Å²) >= 11 is 0. The van der Waals surface area contributed by atoms with Crippen molar-refractivity contribution in [3.05, 3.63) is 69.3 Å². The number of nitrogens with one attached hydrogen (secondary N) is 2. The molecule has 0 radical (unpaired) electrons. The van der Waals surface area contributed by atoms with Crippen molar-refractivity contribution < 1.29 is 18.5 Å². The summed E-state index contributed by atoms with van der Waals surface area (Å²) in [5.41, 5.74) is 5.86. The largest absolute Gasteiger partial charge is 0.393 e. The molecule has 1 fully saturated rings. The lowest BCUT2D eigenvalue weighted by atomic mass is 9.85. The monoisotopic (exact) mass is 412 g/mol. The number of hydrogen-bond donors (Lipinski definition) is 3. The van der Waals surface area contributed by atoms with Gasteiger partial charge in [-0.2, -0.15) is 0 Å². The summed E-state index contributed by atoms with van der Waals surface area (Å²) in [6.45, 7) is 1.11. The topological polar surface area (TPSA) is 110 Å². The molecule has 2 unspecified atom stereocenters. The van der Waals surface area contributed by atoms with Gasteiger partial charge in [0.1, 0.15) is 5.69 Å². The summed E-state index contributed by atoms with van der Waals surface area (Å²) in [6, 6.07) is 7.15. The summed E-state index contributed by atoms with van der Waals surface area (Å²) in [5.74, 6) is -2.58. The van der Waals surface area contributed by atoms with Gasteiger partial charge >= 0.3 is 0 Å². The number of piperidine rings is 1. The maximum absolute atomic E-state index is 13.6. The van der Waals surface area contributed by atoms with E-state index in [1.807, 2.05) is 0 Å². The Balaban J connectivity index is 0.00000280. The predicted molar refractivity (Wildman–Crippen MR) is 103 cm³/mol. The molecule has 1 heterocycles. The molecular formula is C18H19ClF2N4O3. The molecule has 1 saturated heterocycles. The van der Waals surface area contributed by atoms with E-state index in [1.54, 1.807) is 0 Å². The summed E-state index contributed by atoms with van der Waals surface area (Å²) in [6.07, 6.45) is 0.623. The van der Waals surface area contributed by atoms with Crippen LogP contribution in [0, 0.1) is 21.7 Å². The molecule has 28 heavy (non-hydrogen) atoms. The van der Waals surface area contributed by atoms with Gasteiger partial charge in [0.15, 0.2) is 11.6 Å². The van der Waals surface area contributed by atoms with E-state index in [9.17, 15) is 23.7 Å². The zero-order valence-corrected chi connectivity index (χ0v) is 15.5. The normalized spacial score (nSPS) is 18.8. The average Bonchev–Trinajstić information content (AvgIpc) is 2.64. The molecule has 2 atom stereocenters. The Morgan fingerprint density at radius 2 is 1.96 bits per heavy atom. The Morgan fingerprint density at radius 1 is 1.21 bits per heavy atom. The van der Waals surface area contributed by atoms with Crippen LogP contribution in [-0.2, 0) is 0 Å². The summed E-state index contributed by atoms with van der Waals surface area (Å²) in [4.78, 5) is 22.9. The molecule has 150 valence electrons. The number of anilines is 1. The standard InChI is InChI=1S/C18H18F2N4O3.ClH/c19-13-3-1-10(7-14(13)20)12-5-6-22-9-16(12)23-18(25)11-2-4-15(21)17(8-11)24(26)27;/h1-4,7-8,12,16,22H,5-6,9,21H2,(H,23,25);1H. The molecule has 1 aliphatic rings. The lowest BCUT2D eigenvalue weighted by Crippen LogP contribution is -2.50. The molecule has 2 aromatic rings. The van der Waals surface area contributed by atoms with Crippen LogP contribution in [0.15, 0.2) is 36.4 Å². The number of carbonyl (C=O) groups excluding carboxylic acids is 1. The van der Waals surface area contributed by atoms with E-state index < -0.39 is 22.5 Å². The zero-order valence-electron chi connectivity index (χ0n) is 14.7. The fourth-order valence-electron chi connectivity index (χ4n) is 3.25. The average molecular weight is 413 g/mol. The van der Waals surface area contributed by atoms with Crippen molar-refractivity contribution in [1.29, 1.82) is 0 Å². The van der Waals surface area contributed by atoms with E-state index in [1.165, 1.54) is 18.2 Å². The van der Waals surface area contributed by atoms with Gasteiger partial charge in [-0.1, -0.05) is 6.07 Å². The highest BCUT2D eigenvalue weighted by Gasteiger charge is 2.29. The SMILES string of the molecule is Cl.Nc1ccc(C(=O)NC2CNCCC2c2ccc(F)c(F)c2)cc1[N+](=O)[O-]. The van der Waals surface area contributed by atoms with E-state index in [-0.39, 0.29) is 41.3 Å². The lowest BCUT2D eigenvalue weighted by molar-refractivity contribution is -0.383. The third kappa shape index (κ3) is 4.55. The van der Waals surface area contributed by atoms with Gasteiger partial charge in [0.05, 0.1) is 4.92 Å². The number of nitro benzene ring substituents is 1. The van der Waals surface area contributed by atoms with Crippen molar-refractivity contribution in [2.45, 2.75) is 18.4 Å². The molecule has 0 aliphatic carbocycles. The van der Waals surface area contributed by atoms with E-state index in [0.717, 1.165) is 18.2 Å². The quantitative estimate of drug-likeness (QED) is 0.406. The van der Waals surface area contributed by atoms with Crippen molar-refractivity contribution in [2.75, 3.05) is 18.8 Å². The van der Waals surface area contributed by atoms with Gasteiger partial charge in [0.2, 0.25) is 0 Å². The van der Waals surface area contributed by atoms with Gasteiger partial charge in [-0.15, -0.1) is 12.4 Å². The Kier molecular flexibility index (Phi) is 6.87. The van der Waals surface area contributed by atoms with Crippen molar-refractivity contribution in [2.24, 2.45) is 0 Å². The van der Waals surface area contributed by atoms with Crippen LogP contribution in [0.5, 0.6) is 0 Å². The Labute approximate surface area is 165 Å². The molecule has 2 aromatic carbocycles. The Bertz CT molecular complexity index is 897. The molecule has 0 spiro atoms. The fourth-order valence-corrected chi connectivity index (χ4v) is 3.25. The van der Waals surface area contributed by atoms with E-state index in [0.29, 0.717) is 25.1 Å². The summed E-state index contributed by atoms with van der Waals surface area (Å²) < 4.78 is 26.8. The minimum absolute atomic E-state index is 0. The second kappa shape index (κ2) is 8.94. The Morgan fingerprint density at radius 3 is 2.64 bits per heavy atom. The molecule has 0 aromatic heterocycles. The van der Waals surface area contributed by atoms with E-state index in [4.69, 9.17) is 5.73 Å². The molecular weight excluding hydrogens is 394 g/mol. The van der Waals surface area contributed by atoms with Gasteiger partial charge in [-0.3, -0.25) is 14.9 Å². The maximum Gasteiger partial charge on any atom is 0.292 e. The number of carbonyl (C=O) groups is 1. The number of nitrogens with two attached hydrogens (primary N) is 1. The molecule has 0 bridgehead atoms. The molecule has 4 N–H and O–H groups in total. The van der Waals surface area contributed by atoms with Crippen LogP contribution >= 0.6 is 12.4 Å². The van der Waals surface area contributed by atoms with Gasteiger partial charge in [-0.05, 0) is 42.8 Å². The first-order valence-electron chi connectivity index (χ1n) is 8.37. The number of nitro groups is 1. The van der Waals surface area contributed by atoms with Crippen LogP contribution in [0.25, 0.3) is 0 Å². The molecule has 3 rings (SSSR count). The van der Waals surface area contributed by atoms with Crippen LogP contribution < -0.4 is 16.4 Å². The number of rotatable bonds is 4. The van der Waals surface area contributed by atoms with Crippen LogP contribution in [0.4, 0.5) is 20.2 Å². The van der Waals surface area contributed by atoms with Crippen molar-refractivity contribution >= 4 is 29.7 Å². The lowest BCUT2D eigenvalue weighted by Gasteiger charge is -2.33. The predicted octanol–water partition coefficient (Wildman–Crippen LogP) is 2.75. The van der Waals surface area contributed by atoms with Crippen LogP contribution in [0.1, 0.15) is 28.3 Å². The molecule has 1 amide bonds. The highest BCUT2D eigenvalue weighted by atomic mass is 35.5. The van der Waals surface area contributed by atoms with Crippen molar-refractivity contribution in [3.8, 4) is 0 Å². The minimum atomic E-state index is -0.940. The van der Waals surface area contributed by atoms with Crippen LogP contribution in [-0.4, -0.2) is 30.0 Å². The molecule has 10 heteroatoms. The van der Waals surface area contributed by atoms with E-state index >= 15 is 0 Å². The van der Waals surface area contributed by atoms with Gasteiger partial charge in [-0.25, -0.2) is 8.78 Å². The number of halogens is 3. The van der Waals surface area contributed by atoms with E-state index in [2.05, 4.69) is 10.6 Å². The molecule has 0 saturated carbocycles. The summed E-state index contributed by atoms with van der Waals surface area (Å²) in [5, 5.41) is 17.0. The third-order valence-corrected chi connectivity index (χ3v) is 4.66. The van der Waals surface area contributed by atoms with Gasteiger partial charge in [0.25, 0.3) is 11.6 Å². The number of amides is 1. The number of nitrogen functional groups attached to an aromatic ring is 1. The fraction of sp³-hybridized carbons (Fsp3) is 0.278. The molecule has 7 nitrogen and oxygen atoms in total. The van der Waals surface area contributed by atoms with Gasteiger partial charge in [0, 0.05) is 30.1 Å². The minimum Gasteiger partial charge on any atom is -0.393 e. The Hall–Kier alpha value is -2.78. The van der Waals surface area contributed by atoms with Crippen molar-refractivity contribution in [1.82, 2.24) is 10.6 Å². The first-order valence-corrected chi connectivity index (χ1v) is 8.37. The smallest absolute Gasteiger partial charge is 0.292 e. The second-order valence-corrected chi connectivity index (χ2v) is 6.38. The highest BCUT2D eigenvalue weighted by molar-refractivity contribution is 5.95. The first-order chi connectivity index (χ1) is 12.9. The third-order valence-electron chi connectivity index (χ3n) is 4.66. The zero-order chi connectivity index (χ0) is 19.6. The number of nitrogens with zero attached hydrogens (tertiary/aromatic N) is 1. The first kappa shape index (κ1) is 21.5. The number of hydrogen-bond acceptors (Lipinski definition) is 5. The highest BCUT2D eigenvalue weighted by Crippen LogP contribution is 2.28. The number of benzene rings is 2.